The van der Waals surface area contributed by atoms with Crippen molar-refractivity contribution >= 4 is 30.0 Å². The van der Waals surface area contributed by atoms with Crippen LogP contribution in [0.5, 0.6) is 0 Å². The Morgan fingerprint density at radius 1 is 0.846 bits per heavy atom. The average Bonchev–Trinajstić information content (AvgIpc) is 3.20. The number of carbonyl (C=O) groups is 5. The maximum atomic E-state index is 13.2. The number of rotatable bonds is 10. The molecule has 1 heterocycles. The van der Waals surface area contributed by atoms with Crippen LogP contribution in [0.4, 0.5) is 9.59 Å². The van der Waals surface area contributed by atoms with Gasteiger partial charge in [-0.2, -0.15) is 0 Å². The van der Waals surface area contributed by atoms with Crippen molar-refractivity contribution in [1.29, 1.82) is 0 Å². The van der Waals surface area contributed by atoms with Crippen molar-refractivity contribution in [3.63, 3.8) is 0 Å². The molecule has 0 aliphatic heterocycles. The summed E-state index contributed by atoms with van der Waals surface area (Å²) in [6.07, 6.45) is 0.915. The molecule has 1 aromatic rings. The van der Waals surface area contributed by atoms with Crippen LogP contribution in [-0.4, -0.2) is 74.0 Å². The van der Waals surface area contributed by atoms with E-state index in [2.05, 4.69) is 20.9 Å². The predicted octanol–water partition coefficient (Wildman–Crippen LogP) is 2.47. The van der Waals surface area contributed by atoms with E-state index in [0.29, 0.717) is 0 Å². The summed E-state index contributed by atoms with van der Waals surface area (Å²) >= 11 is 0. The Balaban J connectivity index is 3.22. The van der Waals surface area contributed by atoms with Crippen LogP contribution in [0.1, 0.15) is 74.9 Å². The third-order valence-corrected chi connectivity index (χ3v) is 5.14. The van der Waals surface area contributed by atoms with Crippen LogP contribution in [0.3, 0.4) is 0 Å². The van der Waals surface area contributed by atoms with Gasteiger partial charge in [0.1, 0.15) is 35.7 Å². The van der Waals surface area contributed by atoms with Crippen LogP contribution in [0.15, 0.2) is 12.5 Å². The Hall–Kier alpha value is -3.64. The SMILES string of the molecule is CC(C)[C@H](NC(=O)[C@H](Cc1cn(C(=O)OC(C)(C)C)cn1)NC(=O)[C@@H](NC(=O)OC(C)(C)C)C(C)C)C(=O)O. The van der Waals surface area contributed by atoms with Gasteiger partial charge in [-0.25, -0.2) is 23.9 Å². The molecule has 1 aromatic heterocycles. The molecule has 0 aliphatic rings. The number of hydrogen-bond acceptors (Lipinski definition) is 8. The number of carboxylic acid groups (broad SMARTS) is 1. The molecule has 0 fully saturated rings. The Morgan fingerprint density at radius 3 is 1.85 bits per heavy atom. The second-order valence-corrected chi connectivity index (χ2v) is 12.0. The Kier molecular flexibility index (Phi) is 11.5. The number of hydrogen-bond donors (Lipinski definition) is 4. The number of carbonyl (C=O) groups excluding carboxylic acids is 4. The van der Waals surface area contributed by atoms with Gasteiger partial charge in [-0.1, -0.05) is 27.7 Å². The lowest BCUT2D eigenvalue weighted by Crippen LogP contribution is -2.58. The van der Waals surface area contributed by atoms with E-state index >= 15 is 0 Å². The fraction of sp³-hybridized carbons (Fsp3) is 0.692. The van der Waals surface area contributed by atoms with Crippen molar-refractivity contribution < 1.29 is 38.6 Å². The molecular formula is C26H43N5O8. The van der Waals surface area contributed by atoms with Gasteiger partial charge in [-0.3, -0.25) is 9.59 Å². The largest absolute Gasteiger partial charge is 0.480 e. The first-order valence-electron chi connectivity index (χ1n) is 12.8. The molecule has 0 saturated carbocycles. The van der Waals surface area contributed by atoms with Crippen molar-refractivity contribution in [2.24, 2.45) is 11.8 Å². The third-order valence-electron chi connectivity index (χ3n) is 5.14. The molecule has 13 heteroatoms. The first kappa shape index (κ1) is 33.4. The summed E-state index contributed by atoms with van der Waals surface area (Å²) in [7, 11) is 0. The topological polar surface area (TPSA) is 178 Å². The number of ether oxygens (including phenoxy) is 2. The smallest absolute Gasteiger partial charge is 0.419 e. The number of nitrogens with one attached hydrogen (secondary N) is 3. The number of amides is 3. The quantitative estimate of drug-likeness (QED) is 0.339. The zero-order chi connectivity index (χ0) is 30.3. The lowest BCUT2D eigenvalue weighted by atomic mass is 10.0. The van der Waals surface area contributed by atoms with E-state index in [1.165, 1.54) is 12.5 Å². The second-order valence-electron chi connectivity index (χ2n) is 12.0. The van der Waals surface area contributed by atoms with Crippen molar-refractivity contribution in [2.75, 3.05) is 0 Å². The van der Waals surface area contributed by atoms with Gasteiger partial charge in [0.2, 0.25) is 11.8 Å². The molecule has 3 atom stereocenters. The lowest BCUT2D eigenvalue weighted by molar-refractivity contribution is -0.143. The molecule has 0 bridgehead atoms. The van der Waals surface area contributed by atoms with Crippen molar-refractivity contribution in [3.8, 4) is 0 Å². The van der Waals surface area contributed by atoms with Crippen LogP contribution in [0, 0.1) is 11.8 Å². The first-order chi connectivity index (χ1) is 17.7. The fourth-order valence-electron chi connectivity index (χ4n) is 3.30. The molecule has 0 saturated heterocycles. The highest BCUT2D eigenvalue weighted by Gasteiger charge is 2.33. The molecule has 1 rings (SSSR count). The maximum Gasteiger partial charge on any atom is 0.419 e. The number of aromatic nitrogens is 2. The van der Waals surface area contributed by atoms with Gasteiger partial charge >= 0.3 is 18.2 Å². The summed E-state index contributed by atoms with van der Waals surface area (Å²) in [6, 6.07) is -3.55. The number of aliphatic carboxylic acids is 1. The summed E-state index contributed by atoms with van der Waals surface area (Å²) in [5.41, 5.74) is -1.27. The van der Waals surface area contributed by atoms with E-state index in [4.69, 9.17) is 9.47 Å². The molecule has 0 unspecified atom stereocenters. The highest BCUT2D eigenvalue weighted by molar-refractivity contribution is 5.93. The highest BCUT2D eigenvalue weighted by atomic mass is 16.6. The monoisotopic (exact) mass is 553 g/mol. The third kappa shape index (κ3) is 11.7. The second kappa shape index (κ2) is 13.4. The average molecular weight is 554 g/mol. The van der Waals surface area contributed by atoms with E-state index in [9.17, 15) is 29.1 Å². The minimum absolute atomic E-state index is 0.172. The maximum absolute atomic E-state index is 13.2. The normalized spacial score (nSPS) is 14.3. The number of imidazole rings is 1. The minimum Gasteiger partial charge on any atom is -0.480 e. The molecular weight excluding hydrogens is 510 g/mol. The van der Waals surface area contributed by atoms with Gasteiger partial charge < -0.3 is 30.5 Å². The Bertz CT molecular complexity index is 1040. The van der Waals surface area contributed by atoms with Crippen LogP contribution in [-0.2, 0) is 30.3 Å². The van der Waals surface area contributed by atoms with Gasteiger partial charge in [0.15, 0.2) is 0 Å². The standard InChI is InChI=1S/C26H43N5O8/c1-14(2)18(30-23(36)38-25(5,6)7)21(33)28-17(20(32)29-19(15(3)4)22(34)35)11-16-12-31(13-27-16)24(37)39-26(8,9)10/h12-15,17-19H,11H2,1-10H3,(H,28,33)(H,29,32)(H,30,36)(H,34,35)/t17-,18-,19-/m0/s1. The summed E-state index contributed by atoms with van der Waals surface area (Å²) in [5, 5.41) is 17.1. The van der Waals surface area contributed by atoms with E-state index in [1.54, 1.807) is 69.2 Å². The molecule has 0 aliphatic carbocycles. The Labute approximate surface area is 229 Å². The van der Waals surface area contributed by atoms with Crippen molar-refractivity contribution in [3.05, 3.63) is 18.2 Å². The fourth-order valence-corrected chi connectivity index (χ4v) is 3.30. The summed E-state index contributed by atoms with van der Waals surface area (Å²) in [5.74, 6) is -3.50. The van der Waals surface area contributed by atoms with Crippen LogP contribution < -0.4 is 16.0 Å². The van der Waals surface area contributed by atoms with E-state index < -0.39 is 65.2 Å². The number of carboxylic acids is 1. The van der Waals surface area contributed by atoms with Gasteiger partial charge in [0.25, 0.3) is 0 Å². The summed E-state index contributed by atoms with van der Waals surface area (Å²) in [4.78, 5) is 67.0. The minimum atomic E-state index is -1.28. The molecule has 0 aromatic carbocycles. The summed E-state index contributed by atoms with van der Waals surface area (Å²) in [6.45, 7) is 16.9. The Morgan fingerprint density at radius 2 is 1.38 bits per heavy atom. The van der Waals surface area contributed by atoms with Gasteiger partial charge in [0.05, 0.1) is 5.69 Å². The number of alkyl carbamates (subject to hydrolysis) is 1. The van der Waals surface area contributed by atoms with Gasteiger partial charge in [-0.05, 0) is 53.4 Å². The van der Waals surface area contributed by atoms with E-state index in [0.717, 1.165) is 4.57 Å². The van der Waals surface area contributed by atoms with Crippen molar-refractivity contribution in [2.45, 2.75) is 105 Å². The van der Waals surface area contributed by atoms with Crippen LogP contribution >= 0.6 is 0 Å². The first-order valence-corrected chi connectivity index (χ1v) is 12.8. The number of nitrogens with zero attached hydrogens (tertiary/aromatic N) is 2. The molecule has 13 nitrogen and oxygen atoms in total. The van der Waals surface area contributed by atoms with E-state index in [1.807, 2.05) is 0 Å². The zero-order valence-corrected chi connectivity index (χ0v) is 24.4. The molecule has 0 radical (unpaired) electrons. The summed E-state index contributed by atoms with van der Waals surface area (Å²) < 4.78 is 11.7. The van der Waals surface area contributed by atoms with Gasteiger partial charge in [-0.15, -0.1) is 0 Å². The molecule has 220 valence electrons. The molecule has 3 amide bonds. The zero-order valence-electron chi connectivity index (χ0n) is 24.4. The highest BCUT2D eigenvalue weighted by Crippen LogP contribution is 2.12. The molecule has 39 heavy (non-hydrogen) atoms. The van der Waals surface area contributed by atoms with Crippen molar-refractivity contribution in [1.82, 2.24) is 25.5 Å². The van der Waals surface area contributed by atoms with Gasteiger partial charge in [0, 0.05) is 12.6 Å². The lowest BCUT2D eigenvalue weighted by Gasteiger charge is -2.27. The molecule has 4 N–H and O–H groups in total. The predicted molar refractivity (Wildman–Crippen MR) is 142 cm³/mol. The van der Waals surface area contributed by atoms with Crippen LogP contribution in [0.25, 0.3) is 0 Å². The van der Waals surface area contributed by atoms with E-state index in [-0.39, 0.29) is 18.0 Å². The molecule has 0 spiro atoms. The van der Waals surface area contributed by atoms with Crippen LogP contribution in [0.2, 0.25) is 0 Å².